The van der Waals surface area contributed by atoms with Gasteiger partial charge in [0.1, 0.15) is 11.6 Å². The number of carbonyl (C=O) groups is 1. The first-order valence-electron chi connectivity index (χ1n) is 8.33. The molecular weight excluding hydrogens is 316 g/mol. The molecule has 134 valence electrons. The lowest BCUT2D eigenvalue weighted by atomic mass is 10.00. The maximum Gasteiger partial charge on any atom is 0.411 e. The van der Waals surface area contributed by atoms with Crippen LogP contribution in [0.25, 0.3) is 0 Å². The van der Waals surface area contributed by atoms with Crippen LogP contribution in [-0.4, -0.2) is 17.7 Å². The lowest BCUT2D eigenvalue weighted by Crippen LogP contribution is -2.16. The Morgan fingerprint density at radius 3 is 2.32 bits per heavy atom. The normalized spacial score (nSPS) is 10.4. The van der Waals surface area contributed by atoms with Gasteiger partial charge in [-0.05, 0) is 62.9 Å². The predicted octanol–water partition coefficient (Wildman–Crippen LogP) is 4.08. The number of aromatic nitrogens is 1. The highest BCUT2D eigenvalue weighted by molar-refractivity contribution is 5.89. The zero-order valence-electron chi connectivity index (χ0n) is 15.5. The molecule has 2 rings (SSSR count). The summed E-state index contributed by atoms with van der Waals surface area (Å²) in [6.45, 7) is 10.9. The minimum atomic E-state index is -0.536. The van der Waals surface area contributed by atoms with E-state index >= 15 is 0 Å². The fourth-order valence-corrected chi connectivity index (χ4v) is 2.89. The van der Waals surface area contributed by atoms with E-state index in [2.05, 4.69) is 48.5 Å². The quantitative estimate of drug-likeness (QED) is 0.762. The number of anilines is 3. The molecule has 6 heteroatoms. The highest BCUT2D eigenvalue weighted by Crippen LogP contribution is 2.25. The molecule has 2 aromatic rings. The molecule has 0 fully saturated rings. The van der Waals surface area contributed by atoms with Gasteiger partial charge in [0.25, 0.3) is 0 Å². The van der Waals surface area contributed by atoms with Gasteiger partial charge in [-0.3, -0.25) is 5.32 Å². The zero-order chi connectivity index (χ0) is 18.6. The summed E-state index contributed by atoms with van der Waals surface area (Å²) in [4.78, 5) is 15.9. The van der Waals surface area contributed by atoms with Crippen LogP contribution in [0.1, 0.15) is 34.7 Å². The van der Waals surface area contributed by atoms with E-state index in [4.69, 9.17) is 10.5 Å². The molecular formula is C19H26N4O2. The second-order valence-electron chi connectivity index (χ2n) is 6.16. The predicted molar refractivity (Wildman–Crippen MR) is 102 cm³/mol. The number of pyridine rings is 1. The van der Waals surface area contributed by atoms with Crippen LogP contribution in [0.5, 0.6) is 0 Å². The highest BCUT2D eigenvalue weighted by Gasteiger charge is 2.12. The van der Waals surface area contributed by atoms with E-state index in [-0.39, 0.29) is 5.82 Å². The third-order valence-electron chi connectivity index (χ3n) is 4.03. The van der Waals surface area contributed by atoms with Gasteiger partial charge in [-0.15, -0.1) is 0 Å². The Labute approximate surface area is 148 Å². The third-order valence-corrected chi connectivity index (χ3v) is 4.03. The van der Waals surface area contributed by atoms with Crippen LogP contribution in [0.2, 0.25) is 0 Å². The Morgan fingerprint density at radius 1 is 1.12 bits per heavy atom. The molecule has 0 saturated heterocycles. The number of aryl methyl sites for hydroxylation is 4. The summed E-state index contributed by atoms with van der Waals surface area (Å²) in [5.74, 6) is 0.927. The molecule has 6 nitrogen and oxygen atoms in total. The van der Waals surface area contributed by atoms with Crippen molar-refractivity contribution in [1.29, 1.82) is 0 Å². The number of nitrogens with two attached hydrogens (primary N) is 1. The van der Waals surface area contributed by atoms with E-state index < -0.39 is 6.09 Å². The standard InChI is InChI=1S/C19H26N4O2/c1-6-25-19(24)23-17-14(5)9-16(22-18(17)20)21-10-15-12(3)7-11(2)8-13(15)4/h7-9H,6,10H2,1-5H3,(H,23,24)(H3,20,21,22). The smallest absolute Gasteiger partial charge is 0.411 e. The van der Waals surface area contributed by atoms with Crippen molar-refractivity contribution in [3.8, 4) is 0 Å². The van der Waals surface area contributed by atoms with Crippen LogP contribution >= 0.6 is 0 Å². The lowest BCUT2D eigenvalue weighted by Gasteiger charge is -2.15. The lowest BCUT2D eigenvalue weighted by molar-refractivity contribution is 0.168. The van der Waals surface area contributed by atoms with Crippen molar-refractivity contribution < 1.29 is 9.53 Å². The summed E-state index contributed by atoms with van der Waals surface area (Å²) in [7, 11) is 0. The number of nitrogens with one attached hydrogen (secondary N) is 2. The number of ether oxygens (including phenoxy) is 1. The Bertz CT molecular complexity index is 741. The fourth-order valence-electron chi connectivity index (χ4n) is 2.89. The van der Waals surface area contributed by atoms with E-state index in [9.17, 15) is 4.79 Å². The molecule has 1 aromatic carbocycles. The van der Waals surface area contributed by atoms with Gasteiger partial charge >= 0.3 is 6.09 Å². The first-order chi connectivity index (χ1) is 11.8. The van der Waals surface area contributed by atoms with Gasteiger partial charge in [0.15, 0.2) is 0 Å². The van der Waals surface area contributed by atoms with Crippen molar-refractivity contribution in [1.82, 2.24) is 4.98 Å². The number of carbonyl (C=O) groups excluding carboxylic acids is 1. The molecule has 1 aromatic heterocycles. The molecule has 0 saturated carbocycles. The van der Waals surface area contributed by atoms with E-state index in [0.29, 0.717) is 24.7 Å². The largest absolute Gasteiger partial charge is 0.450 e. The molecule has 0 spiro atoms. The number of hydrogen-bond donors (Lipinski definition) is 3. The summed E-state index contributed by atoms with van der Waals surface area (Å²) < 4.78 is 4.88. The highest BCUT2D eigenvalue weighted by atomic mass is 16.5. The van der Waals surface area contributed by atoms with Crippen molar-refractivity contribution in [2.75, 3.05) is 23.0 Å². The van der Waals surface area contributed by atoms with Crippen molar-refractivity contribution >= 4 is 23.4 Å². The summed E-state index contributed by atoms with van der Waals surface area (Å²) in [5.41, 5.74) is 12.3. The Balaban J connectivity index is 2.15. The van der Waals surface area contributed by atoms with Gasteiger partial charge < -0.3 is 15.8 Å². The van der Waals surface area contributed by atoms with Gasteiger partial charge in [-0.2, -0.15) is 0 Å². The maximum atomic E-state index is 11.6. The maximum absolute atomic E-state index is 11.6. The monoisotopic (exact) mass is 342 g/mol. The summed E-state index contributed by atoms with van der Waals surface area (Å²) >= 11 is 0. The number of benzene rings is 1. The van der Waals surface area contributed by atoms with Crippen LogP contribution in [0, 0.1) is 27.7 Å². The molecule has 0 atom stereocenters. The topological polar surface area (TPSA) is 89.3 Å². The number of nitrogen functional groups attached to an aromatic ring is 1. The second-order valence-corrected chi connectivity index (χ2v) is 6.16. The van der Waals surface area contributed by atoms with Crippen molar-refractivity contribution in [2.24, 2.45) is 0 Å². The van der Waals surface area contributed by atoms with Crippen LogP contribution < -0.4 is 16.4 Å². The van der Waals surface area contributed by atoms with Gasteiger partial charge in [0, 0.05) is 6.54 Å². The molecule has 25 heavy (non-hydrogen) atoms. The average molecular weight is 342 g/mol. The first-order valence-corrected chi connectivity index (χ1v) is 8.33. The molecule has 4 N–H and O–H groups in total. The summed E-state index contributed by atoms with van der Waals surface area (Å²) in [6.07, 6.45) is -0.536. The molecule has 0 radical (unpaired) electrons. The van der Waals surface area contributed by atoms with Crippen LogP contribution in [0.3, 0.4) is 0 Å². The SMILES string of the molecule is CCOC(=O)Nc1c(C)cc(NCc2c(C)cc(C)cc2C)nc1N. The summed E-state index contributed by atoms with van der Waals surface area (Å²) in [5, 5.41) is 5.94. The molecule has 1 amide bonds. The minimum absolute atomic E-state index is 0.257. The average Bonchev–Trinajstić information content (AvgIpc) is 2.50. The third kappa shape index (κ3) is 4.62. The van der Waals surface area contributed by atoms with E-state index in [1.165, 1.54) is 22.3 Å². The number of hydrogen-bond acceptors (Lipinski definition) is 5. The minimum Gasteiger partial charge on any atom is -0.450 e. The molecule has 0 bridgehead atoms. The number of nitrogens with zero attached hydrogens (tertiary/aromatic N) is 1. The molecule has 0 aliphatic heterocycles. The Morgan fingerprint density at radius 2 is 1.76 bits per heavy atom. The van der Waals surface area contributed by atoms with Crippen molar-refractivity contribution in [2.45, 2.75) is 41.2 Å². The Kier molecular flexibility index (Phi) is 5.85. The van der Waals surface area contributed by atoms with Gasteiger partial charge in [0.2, 0.25) is 0 Å². The van der Waals surface area contributed by atoms with Crippen LogP contribution in [-0.2, 0) is 11.3 Å². The number of amides is 1. The second kappa shape index (κ2) is 7.88. The van der Waals surface area contributed by atoms with Crippen molar-refractivity contribution in [3.63, 3.8) is 0 Å². The molecule has 1 heterocycles. The van der Waals surface area contributed by atoms with Gasteiger partial charge in [-0.25, -0.2) is 9.78 Å². The number of rotatable bonds is 5. The molecule has 0 unspecified atom stereocenters. The van der Waals surface area contributed by atoms with Crippen LogP contribution in [0.15, 0.2) is 18.2 Å². The molecule has 0 aliphatic rings. The van der Waals surface area contributed by atoms with E-state index in [1.807, 2.05) is 13.0 Å². The van der Waals surface area contributed by atoms with E-state index in [0.717, 1.165) is 5.56 Å². The first kappa shape index (κ1) is 18.6. The zero-order valence-corrected chi connectivity index (χ0v) is 15.5. The summed E-state index contributed by atoms with van der Waals surface area (Å²) in [6, 6.07) is 6.20. The van der Waals surface area contributed by atoms with Gasteiger partial charge in [0.05, 0.1) is 12.3 Å². The fraction of sp³-hybridized carbons (Fsp3) is 0.368. The van der Waals surface area contributed by atoms with Gasteiger partial charge in [-0.1, -0.05) is 17.7 Å². The Hall–Kier alpha value is -2.76. The van der Waals surface area contributed by atoms with Crippen molar-refractivity contribution in [3.05, 3.63) is 46.0 Å². The van der Waals surface area contributed by atoms with Crippen LogP contribution in [0.4, 0.5) is 22.1 Å². The molecule has 0 aliphatic carbocycles. The van der Waals surface area contributed by atoms with E-state index in [1.54, 1.807) is 6.92 Å².